The lowest BCUT2D eigenvalue weighted by molar-refractivity contribution is -0.885. The molecular formula is C21H30N5O3+. The number of piperidine rings is 2. The minimum atomic E-state index is -0.590. The van der Waals surface area contributed by atoms with Gasteiger partial charge in [0.15, 0.2) is 0 Å². The first kappa shape index (κ1) is 19.8. The molecule has 29 heavy (non-hydrogen) atoms. The van der Waals surface area contributed by atoms with Crippen LogP contribution < -0.4 is 16.7 Å². The van der Waals surface area contributed by atoms with Crippen molar-refractivity contribution >= 4 is 22.8 Å². The number of carbonyl (C=O) groups is 2. The second-order valence-corrected chi connectivity index (χ2v) is 8.43. The number of H-pyrrole nitrogens is 2. The molecule has 3 heterocycles. The maximum absolute atomic E-state index is 13.5. The van der Waals surface area contributed by atoms with E-state index in [0.29, 0.717) is 40.3 Å². The van der Waals surface area contributed by atoms with Gasteiger partial charge in [-0.25, -0.2) is 9.59 Å². The van der Waals surface area contributed by atoms with Crippen LogP contribution in [0.1, 0.15) is 54.4 Å². The zero-order valence-electron chi connectivity index (χ0n) is 16.8. The van der Waals surface area contributed by atoms with Gasteiger partial charge in [0.25, 0.3) is 5.91 Å². The normalized spacial score (nSPS) is 20.0. The molecule has 0 bridgehead atoms. The average Bonchev–Trinajstić information content (AvgIpc) is 3.12. The number of amides is 2. The molecule has 1 aromatic carbocycles. The Balaban J connectivity index is 1.56. The SMILES string of the molecule is NC(=O)c1cc(CCC(=O)[N+]2(C3CCNCC3)CCCCC2)cc2[nH]c(=O)[nH]c12. The molecule has 0 spiro atoms. The Labute approximate surface area is 169 Å². The highest BCUT2D eigenvalue weighted by Crippen LogP contribution is 2.30. The average molecular weight is 401 g/mol. The Morgan fingerprint density at radius 1 is 1.07 bits per heavy atom. The summed E-state index contributed by atoms with van der Waals surface area (Å²) in [7, 11) is 0. The van der Waals surface area contributed by atoms with Crippen LogP contribution in [0.4, 0.5) is 0 Å². The molecule has 0 radical (unpaired) electrons. The van der Waals surface area contributed by atoms with Crippen LogP contribution in [0.15, 0.2) is 16.9 Å². The van der Waals surface area contributed by atoms with E-state index < -0.39 is 5.91 Å². The van der Waals surface area contributed by atoms with Gasteiger partial charge in [0, 0.05) is 25.9 Å². The third kappa shape index (κ3) is 3.86. The quantitative estimate of drug-likeness (QED) is 0.563. The van der Waals surface area contributed by atoms with E-state index >= 15 is 0 Å². The third-order valence-electron chi connectivity index (χ3n) is 6.70. The van der Waals surface area contributed by atoms with Crippen LogP contribution in [0.2, 0.25) is 0 Å². The smallest absolute Gasteiger partial charge is 0.323 e. The molecule has 2 aliphatic heterocycles. The summed E-state index contributed by atoms with van der Waals surface area (Å²) in [5, 5.41) is 3.41. The topological polar surface area (TPSA) is 121 Å². The van der Waals surface area contributed by atoms with Crippen molar-refractivity contribution in [1.29, 1.82) is 0 Å². The van der Waals surface area contributed by atoms with Crippen LogP contribution in [0.5, 0.6) is 0 Å². The molecule has 4 rings (SSSR count). The Morgan fingerprint density at radius 3 is 2.48 bits per heavy atom. The van der Waals surface area contributed by atoms with Crippen molar-refractivity contribution in [3.63, 3.8) is 0 Å². The van der Waals surface area contributed by atoms with Crippen LogP contribution in [0, 0.1) is 0 Å². The van der Waals surface area contributed by atoms with Gasteiger partial charge in [0.1, 0.15) is 0 Å². The summed E-state index contributed by atoms with van der Waals surface area (Å²) in [6.07, 6.45) is 6.49. The number of rotatable bonds is 5. The number of imidazole rings is 1. The predicted molar refractivity (Wildman–Crippen MR) is 111 cm³/mol. The number of likely N-dealkylation sites (tertiary alicyclic amines) is 1. The predicted octanol–water partition coefficient (Wildman–Crippen LogP) is 1.17. The fourth-order valence-corrected chi connectivity index (χ4v) is 5.21. The number of benzene rings is 1. The summed E-state index contributed by atoms with van der Waals surface area (Å²) in [5.41, 5.74) is 7.22. The largest absolute Gasteiger partial charge is 0.366 e. The van der Waals surface area contributed by atoms with Crippen LogP contribution in [-0.2, 0) is 11.2 Å². The molecule has 8 nitrogen and oxygen atoms in total. The molecule has 0 atom stereocenters. The molecule has 2 aliphatic rings. The van der Waals surface area contributed by atoms with Gasteiger partial charge in [-0.15, -0.1) is 0 Å². The summed E-state index contributed by atoms with van der Waals surface area (Å²) in [4.78, 5) is 42.2. The molecule has 0 aliphatic carbocycles. The zero-order chi connectivity index (χ0) is 20.4. The molecule has 0 unspecified atom stereocenters. The molecule has 2 fully saturated rings. The lowest BCUT2D eigenvalue weighted by Crippen LogP contribution is -2.63. The maximum Gasteiger partial charge on any atom is 0.323 e. The van der Waals surface area contributed by atoms with Crippen LogP contribution >= 0.6 is 0 Å². The van der Waals surface area contributed by atoms with Gasteiger partial charge >= 0.3 is 11.6 Å². The number of hydrogen-bond acceptors (Lipinski definition) is 4. The van der Waals surface area contributed by atoms with E-state index in [1.165, 1.54) is 6.42 Å². The highest BCUT2D eigenvalue weighted by Gasteiger charge is 2.44. The lowest BCUT2D eigenvalue weighted by Gasteiger charge is -2.46. The van der Waals surface area contributed by atoms with Gasteiger partial charge < -0.3 is 21.0 Å². The fourth-order valence-electron chi connectivity index (χ4n) is 5.21. The number of aromatic nitrogens is 2. The minimum Gasteiger partial charge on any atom is -0.366 e. The molecule has 5 N–H and O–H groups in total. The number of primary amides is 1. The van der Waals surface area contributed by atoms with Crippen molar-refractivity contribution in [3.05, 3.63) is 33.7 Å². The first-order valence-corrected chi connectivity index (χ1v) is 10.7. The van der Waals surface area contributed by atoms with Crippen LogP contribution in [-0.4, -0.2) is 58.5 Å². The number of hydrogen-bond donors (Lipinski definition) is 4. The number of fused-ring (bicyclic) bond motifs is 1. The van der Waals surface area contributed by atoms with Gasteiger partial charge in [-0.1, -0.05) is 0 Å². The number of nitrogens with zero attached hydrogens (tertiary/aromatic N) is 1. The van der Waals surface area contributed by atoms with Crippen molar-refractivity contribution in [2.24, 2.45) is 5.73 Å². The van der Waals surface area contributed by atoms with E-state index in [1.807, 2.05) is 6.07 Å². The molecule has 1 aromatic heterocycles. The summed E-state index contributed by atoms with van der Waals surface area (Å²) in [6.45, 7) is 3.86. The van der Waals surface area contributed by atoms with Crippen molar-refractivity contribution in [2.75, 3.05) is 26.2 Å². The second-order valence-electron chi connectivity index (χ2n) is 8.43. The number of aromatic amines is 2. The highest BCUT2D eigenvalue weighted by atomic mass is 16.2. The Kier molecular flexibility index (Phi) is 5.56. The number of nitrogens with one attached hydrogen (secondary N) is 3. The van der Waals surface area contributed by atoms with Crippen LogP contribution in [0.25, 0.3) is 11.0 Å². The van der Waals surface area contributed by atoms with Crippen molar-refractivity contribution in [1.82, 2.24) is 15.3 Å². The van der Waals surface area contributed by atoms with Crippen molar-refractivity contribution in [2.45, 2.75) is 51.0 Å². The van der Waals surface area contributed by atoms with Gasteiger partial charge in [-0.05, 0) is 43.4 Å². The standard InChI is InChI=1S/C21H29N5O3/c22-20(28)16-12-14(13-17-19(16)25-21(29)24-17)4-5-18(27)26(10-2-1-3-11-26)15-6-8-23-9-7-15/h12-13,15,23H,1-11H2,(H3-,22,24,25,28,29)/p+1. The summed E-state index contributed by atoms with van der Waals surface area (Å²) in [6, 6.07) is 3.94. The molecule has 2 amide bonds. The fraction of sp³-hybridized carbons (Fsp3) is 0.571. The van der Waals surface area contributed by atoms with E-state index in [2.05, 4.69) is 15.3 Å². The minimum absolute atomic E-state index is 0.281. The second kappa shape index (κ2) is 8.12. The Morgan fingerprint density at radius 2 is 1.79 bits per heavy atom. The van der Waals surface area contributed by atoms with Crippen LogP contribution in [0.3, 0.4) is 0 Å². The first-order chi connectivity index (χ1) is 14.0. The number of aryl methyl sites for hydroxylation is 1. The van der Waals surface area contributed by atoms with E-state index in [4.69, 9.17) is 5.73 Å². The van der Waals surface area contributed by atoms with Crippen molar-refractivity contribution in [3.8, 4) is 0 Å². The van der Waals surface area contributed by atoms with Gasteiger partial charge in [-0.3, -0.25) is 9.28 Å². The zero-order valence-corrected chi connectivity index (χ0v) is 16.8. The van der Waals surface area contributed by atoms with Gasteiger partial charge in [-0.2, -0.15) is 0 Å². The van der Waals surface area contributed by atoms with Crippen molar-refractivity contribution < 1.29 is 14.1 Å². The number of carbonyl (C=O) groups excluding carboxylic acids is 2. The molecule has 2 aromatic rings. The Hall–Kier alpha value is -2.45. The molecule has 2 saturated heterocycles. The molecular weight excluding hydrogens is 370 g/mol. The lowest BCUT2D eigenvalue weighted by atomic mass is 9.94. The van der Waals surface area contributed by atoms with Gasteiger partial charge in [0.2, 0.25) is 0 Å². The van der Waals surface area contributed by atoms with E-state index in [9.17, 15) is 14.4 Å². The summed E-state index contributed by atoms with van der Waals surface area (Å²) >= 11 is 0. The van der Waals surface area contributed by atoms with E-state index in [0.717, 1.165) is 57.4 Å². The highest BCUT2D eigenvalue weighted by molar-refractivity contribution is 6.04. The monoisotopic (exact) mass is 400 g/mol. The number of quaternary nitrogens is 1. The third-order valence-corrected chi connectivity index (χ3v) is 6.70. The first-order valence-electron chi connectivity index (χ1n) is 10.7. The number of nitrogens with two attached hydrogens (primary N) is 1. The molecule has 8 heteroatoms. The van der Waals surface area contributed by atoms with E-state index in [-0.39, 0.29) is 11.3 Å². The Bertz CT molecular complexity index is 964. The molecule has 156 valence electrons. The summed E-state index contributed by atoms with van der Waals surface area (Å²) < 4.78 is 0.619. The van der Waals surface area contributed by atoms with Gasteiger partial charge in [0.05, 0.1) is 42.1 Å². The van der Waals surface area contributed by atoms with E-state index in [1.54, 1.807) is 6.07 Å². The summed E-state index contributed by atoms with van der Waals surface area (Å²) in [5.74, 6) is -0.285. The molecule has 0 saturated carbocycles. The maximum atomic E-state index is 13.5.